The van der Waals surface area contributed by atoms with E-state index in [-0.39, 0.29) is 35.5 Å². The Bertz CT molecular complexity index is 150. The molecule has 1 unspecified atom stereocenters. The molecule has 9 heavy (non-hydrogen) atoms. The summed E-state index contributed by atoms with van der Waals surface area (Å²) < 4.78 is 0. The number of halogens is 2. The molecule has 1 atom stereocenters. The molecule has 1 aliphatic heterocycles. The molecule has 1 rings (SSSR count). The van der Waals surface area contributed by atoms with Crippen LogP contribution < -0.4 is 5.32 Å². The lowest BCUT2D eigenvalue weighted by Gasteiger charge is -1.86. The molecule has 2 amide bonds. The fourth-order valence-corrected chi connectivity index (χ4v) is 0.931. The Kier molecular flexibility index (Phi) is 3.14. The van der Waals surface area contributed by atoms with Gasteiger partial charge in [0.1, 0.15) is 4.83 Å². The molecule has 0 radical (unpaired) electrons. The van der Waals surface area contributed by atoms with E-state index < -0.39 is 0 Å². The van der Waals surface area contributed by atoms with Gasteiger partial charge < -0.3 is 0 Å². The van der Waals surface area contributed by atoms with Crippen LogP contribution in [0.4, 0.5) is 0 Å². The number of imide groups is 1. The highest BCUT2D eigenvalue weighted by Gasteiger charge is 2.27. The summed E-state index contributed by atoms with van der Waals surface area (Å²) in [5, 5.41) is 2.14. The number of rotatable bonds is 0. The first-order valence-corrected chi connectivity index (χ1v) is 3.09. The molecule has 3 nitrogen and oxygen atoms in total. The molecule has 0 bridgehead atoms. The molecule has 5 heteroatoms. The molecule has 1 saturated heterocycles. The Morgan fingerprint density at radius 3 is 2.22 bits per heavy atom. The first-order valence-electron chi connectivity index (χ1n) is 2.18. The number of alkyl halides is 1. The Morgan fingerprint density at radius 2 is 2.11 bits per heavy atom. The van der Waals surface area contributed by atoms with Gasteiger partial charge in [-0.05, 0) is 0 Å². The smallest absolute Gasteiger partial charge is 0.240 e. The van der Waals surface area contributed by atoms with Gasteiger partial charge in [-0.2, -0.15) is 0 Å². The highest BCUT2D eigenvalue weighted by molar-refractivity contribution is 9.10. The average Bonchev–Trinajstić information content (AvgIpc) is 1.85. The highest BCUT2D eigenvalue weighted by Crippen LogP contribution is 2.09. The summed E-state index contributed by atoms with van der Waals surface area (Å²) in [5.74, 6) is -0.424. The SMILES string of the molecule is Cl.O=C1CC(Br)C(=O)N1. The topological polar surface area (TPSA) is 46.2 Å². The number of carbonyl (C=O) groups excluding carboxylic acids is 2. The second kappa shape index (κ2) is 3.17. The lowest BCUT2D eigenvalue weighted by molar-refractivity contribution is -0.124. The number of nitrogens with one attached hydrogen (secondary N) is 1. The van der Waals surface area contributed by atoms with E-state index >= 15 is 0 Å². The van der Waals surface area contributed by atoms with E-state index in [0.717, 1.165) is 0 Å². The second-order valence-electron chi connectivity index (χ2n) is 1.58. The molecule has 0 aromatic heterocycles. The van der Waals surface area contributed by atoms with Crippen LogP contribution in [-0.2, 0) is 9.59 Å². The Labute approximate surface area is 66.7 Å². The normalized spacial score (nSPS) is 25.2. The maximum Gasteiger partial charge on any atom is 0.240 e. The van der Waals surface area contributed by atoms with Crippen molar-refractivity contribution in [2.75, 3.05) is 0 Å². The van der Waals surface area contributed by atoms with Crippen molar-refractivity contribution in [3.63, 3.8) is 0 Å². The van der Waals surface area contributed by atoms with Crippen molar-refractivity contribution in [3.05, 3.63) is 0 Å². The van der Waals surface area contributed by atoms with Gasteiger partial charge in [0, 0.05) is 6.42 Å². The molecule has 0 aliphatic carbocycles. The second-order valence-corrected chi connectivity index (χ2v) is 2.69. The van der Waals surface area contributed by atoms with Crippen molar-refractivity contribution < 1.29 is 9.59 Å². The quantitative estimate of drug-likeness (QED) is 0.463. The maximum atomic E-state index is 10.4. The van der Waals surface area contributed by atoms with Gasteiger partial charge >= 0.3 is 0 Å². The molecule has 52 valence electrons. The summed E-state index contributed by atoms with van der Waals surface area (Å²) in [7, 11) is 0. The van der Waals surface area contributed by atoms with E-state index in [9.17, 15) is 9.59 Å². The molecule has 1 N–H and O–H groups in total. The maximum absolute atomic E-state index is 10.4. The van der Waals surface area contributed by atoms with Crippen molar-refractivity contribution in [1.29, 1.82) is 0 Å². The molecule has 0 spiro atoms. The molecule has 1 fully saturated rings. The fourth-order valence-electron chi connectivity index (χ4n) is 0.522. The summed E-state index contributed by atoms with van der Waals surface area (Å²) in [6.07, 6.45) is 0.277. The van der Waals surface area contributed by atoms with Crippen molar-refractivity contribution in [3.8, 4) is 0 Å². The van der Waals surface area contributed by atoms with Gasteiger partial charge in [0.25, 0.3) is 0 Å². The third-order valence-electron chi connectivity index (χ3n) is 0.912. The van der Waals surface area contributed by atoms with Crippen molar-refractivity contribution in [1.82, 2.24) is 5.32 Å². The van der Waals surface area contributed by atoms with Crippen molar-refractivity contribution in [2.45, 2.75) is 11.2 Å². The van der Waals surface area contributed by atoms with E-state index in [2.05, 4.69) is 21.2 Å². The van der Waals surface area contributed by atoms with Crippen LogP contribution >= 0.6 is 28.3 Å². The minimum Gasteiger partial charge on any atom is -0.295 e. The van der Waals surface area contributed by atoms with Crippen molar-refractivity contribution >= 4 is 40.2 Å². The number of amides is 2. The molecule has 0 aromatic carbocycles. The highest BCUT2D eigenvalue weighted by atomic mass is 79.9. The van der Waals surface area contributed by atoms with Crippen LogP contribution in [0, 0.1) is 0 Å². The van der Waals surface area contributed by atoms with Crippen LogP contribution in [0.1, 0.15) is 6.42 Å². The lowest BCUT2D eigenvalue weighted by Crippen LogP contribution is -2.21. The van der Waals surface area contributed by atoms with Gasteiger partial charge in [-0.25, -0.2) is 0 Å². The summed E-state index contributed by atoms with van der Waals surface area (Å²) in [5.41, 5.74) is 0. The summed E-state index contributed by atoms with van der Waals surface area (Å²) in [6, 6.07) is 0. The zero-order valence-electron chi connectivity index (χ0n) is 4.39. The van der Waals surface area contributed by atoms with Crippen LogP contribution in [0.2, 0.25) is 0 Å². The lowest BCUT2D eigenvalue weighted by atomic mass is 10.4. The predicted molar refractivity (Wildman–Crippen MR) is 37.7 cm³/mol. The van der Waals surface area contributed by atoms with Crippen LogP contribution in [-0.4, -0.2) is 16.6 Å². The Balaban J connectivity index is 0.000000640. The largest absolute Gasteiger partial charge is 0.295 e. The molecule has 0 aromatic rings. The minimum absolute atomic E-state index is 0. The monoisotopic (exact) mass is 213 g/mol. The minimum atomic E-state index is -0.296. The third kappa shape index (κ3) is 1.95. The Hall–Kier alpha value is -0.0900. The molecule has 1 heterocycles. The van der Waals surface area contributed by atoms with Gasteiger partial charge in [0.05, 0.1) is 0 Å². The van der Waals surface area contributed by atoms with Crippen LogP contribution in [0.5, 0.6) is 0 Å². The third-order valence-corrected chi connectivity index (χ3v) is 1.65. The van der Waals surface area contributed by atoms with Gasteiger partial charge in [-0.15, -0.1) is 12.4 Å². The number of carbonyl (C=O) groups is 2. The zero-order chi connectivity index (χ0) is 6.15. The van der Waals surface area contributed by atoms with E-state index in [1.54, 1.807) is 0 Å². The standard InChI is InChI=1S/C4H4BrNO2.ClH/c5-2-1-3(7)6-4(2)8;/h2H,1H2,(H,6,7,8);1H. The van der Waals surface area contributed by atoms with Crippen molar-refractivity contribution in [2.24, 2.45) is 0 Å². The zero-order valence-corrected chi connectivity index (χ0v) is 6.79. The summed E-state index contributed by atoms with van der Waals surface area (Å²) >= 11 is 3.01. The van der Waals surface area contributed by atoms with Crippen LogP contribution in [0.15, 0.2) is 0 Å². The molecule has 1 aliphatic rings. The summed E-state index contributed by atoms with van der Waals surface area (Å²) in [4.78, 5) is 20.4. The van der Waals surface area contributed by atoms with E-state index in [1.165, 1.54) is 0 Å². The van der Waals surface area contributed by atoms with E-state index in [1.807, 2.05) is 0 Å². The van der Waals surface area contributed by atoms with Crippen LogP contribution in [0.3, 0.4) is 0 Å². The van der Waals surface area contributed by atoms with Gasteiger partial charge in [-0.1, -0.05) is 15.9 Å². The van der Waals surface area contributed by atoms with Gasteiger partial charge in [-0.3, -0.25) is 14.9 Å². The molecular weight excluding hydrogens is 209 g/mol. The molecule has 0 saturated carbocycles. The summed E-state index contributed by atoms with van der Waals surface area (Å²) in [6.45, 7) is 0. The van der Waals surface area contributed by atoms with E-state index in [0.29, 0.717) is 0 Å². The van der Waals surface area contributed by atoms with Gasteiger partial charge in [0.15, 0.2) is 0 Å². The van der Waals surface area contributed by atoms with Crippen LogP contribution in [0.25, 0.3) is 0 Å². The van der Waals surface area contributed by atoms with E-state index in [4.69, 9.17) is 0 Å². The fraction of sp³-hybridized carbons (Fsp3) is 0.500. The average molecular weight is 214 g/mol. The Morgan fingerprint density at radius 1 is 1.56 bits per heavy atom. The number of hydrogen-bond donors (Lipinski definition) is 1. The molecular formula is C4H5BrClNO2. The first kappa shape index (κ1) is 8.91. The predicted octanol–water partition coefficient (Wildman–Crippen LogP) is 0.218. The first-order chi connectivity index (χ1) is 3.70. The number of hydrogen-bond acceptors (Lipinski definition) is 2. The van der Waals surface area contributed by atoms with Gasteiger partial charge in [0.2, 0.25) is 11.8 Å².